The summed E-state index contributed by atoms with van der Waals surface area (Å²) in [7, 11) is 1.46. The molecule has 7 nitrogen and oxygen atoms in total. The van der Waals surface area contributed by atoms with Gasteiger partial charge in [0.1, 0.15) is 22.9 Å². The van der Waals surface area contributed by atoms with Gasteiger partial charge in [-0.25, -0.2) is 13.6 Å². The van der Waals surface area contributed by atoms with Crippen molar-refractivity contribution in [2.24, 2.45) is 0 Å². The van der Waals surface area contributed by atoms with Gasteiger partial charge in [0, 0.05) is 11.6 Å². The first kappa shape index (κ1) is 18.3. The van der Waals surface area contributed by atoms with E-state index in [-0.39, 0.29) is 5.56 Å². The molecule has 0 aliphatic carbocycles. The van der Waals surface area contributed by atoms with Crippen LogP contribution in [0.4, 0.5) is 13.6 Å². The Bertz CT molecular complexity index is 930. The summed E-state index contributed by atoms with van der Waals surface area (Å²) < 4.78 is 31.7. The second kappa shape index (κ2) is 6.67. The van der Waals surface area contributed by atoms with Gasteiger partial charge in [-0.3, -0.25) is 15.0 Å². The number of nitrogens with one attached hydrogen (secondary N) is 2. The molecule has 1 aliphatic heterocycles. The van der Waals surface area contributed by atoms with E-state index < -0.39 is 35.0 Å². The Morgan fingerprint density at radius 1 is 1.15 bits per heavy atom. The number of ether oxygens (including phenoxy) is 1. The minimum atomic E-state index is -1.45. The minimum Gasteiger partial charge on any atom is -0.497 e. The number of amides is 4. The molecule has 1 atom stereocenters. The number of urea groups is 1. The van der Waals surface area contributed by atoms with E-state index in [1.807, 2.05) is 0 Å². The van der Waals surface area contributed by atoms with E-state index in [2.05, 4.69) is 10.7 Å². The minimum absolute atomic E-state index is 0.372. The Labute approximate surface area is 152 Å². The summed E-state index contributed by atoms with van der Waals surface area (Å²) in [5.41, 5.74) is 0.685. The third kappa shape index (κ3) is 3.31. The lowest BCUT2D eigenvalue weighted by molar-refractivity contribution is -0.132. The second-order valence-electron chi connectivity index (χ2n) is 6.03. The van der Waals surface area contributed by atoms with E-state index >= 15 is 0 Å². The fourth-order valence-electron chi connectivity index (χ4n) is 2.72. The molecule has 2 aromatic carbocycles. The summed E-state index contributed by atoms with van der Waals surface area (Å²) in [5, 5.41) is 2.97. The summed E-state index contributed by atoms with van der Waals surface area (Å²) in [6.07, 6.45) is 0. The molecule has 140 valence electrons. The van der Waals surface area contributed by atoms with Gasteiger partial charge in [0.25, 0.3) is 11.8 Å². The number of hydrogen-bond acceptors (Lipinski definition) is 4. The summed E-state index contributed by atoms with van der Waals surface area (Å²) in [6.45, 7) is 1.47. The van der Waals surface area contributed by atoms with E-state index in [1.165, 1.54) is 14.0 Å². The van der Waals surface area contributed by atoms with Crippen molar-refractivity contribution in [2.45, 2.75) is 12.5 Å². The SMILES string of the molecule is COc1cccc([C@]2(C)NC(=O)N(NC(=O)c3cc(F)cc(F)c3)C2=O)c1. The zero-order valence-corrected chi connectivity index (χ0v) is 14.4. The molecular formula is C18H15F2N3O4. The van der Waals surface area contributed by atoms with Crippen LogP contribution in [-0.4, -0.2) is 30.0 Å². The van der Waals surface area contributed by atoms with Crippen LogP contribution >= 0.6 is 0 Å². The molecule has 0 radical (unpaired) electrons. The largest absolute Gasteiger partial charge is 0.497 e. The van der Waals surface area contributed by atoms with Gasteiger partial charge < -0.3 is 10.1 Å². The van der Waals surface area contributed by atoms with Gasteiger partial charge in [-0.1, -0.05) is 12.1 Å². The molecular weight excluding hydrogens is 360 g/mol. The number of benzene rings is 2. The lowest BCUT2D eigenvalue weighted by Gasteiger charge is -2.22. The van der Waals surface area contributed by atoms with Crippen molar-refractivity contribution in [3.8, 4) is 5.75 Å². The number of carbonyl (C=O) groups is 3. The number of rotatable bonds is 4. The molecule has 1 heterocycles. The Morgan fingerprint density at radius 2 is 1.81 bits per heavy atom. The van der Waals surface area contributed by atoms with E-state index in [0.29, 0.717) is 22.4 Å². The van der Waals surface area contributed by atoms with Crippen LogP contribution in [0.25, 0.3) is 0 Å². The number of methoxy groups -OCH3 is 1. The molecule has 0 saturated carbocycles. The van der Waals surface area contributed by atoms with E-state index in [1.54, 1.807) is 24.3 Å². The van der Waals surface area contributed by atoms with Crippen LogP contribution in [-0.2, 0) is 10.3 Å². The van der Waals surface area contributed by atoms with Crippen LogP contribution in [0.15, 0.2) is 42.5 Å². The zero-order chi connectivity index (χ0) is 19.8. The molecule has 4 amide bonds. The number of nitrogens with zero attached hydrogens (tertiary/aromatic N) is 1. The smallest absolute Gasteiger partial charge is 0.344 e. The summed E-state index contributed by atoms with van der Waals surface area (Å²) in [6, 6.07) is 7.82. The third-order valence-electron chi connectivity index (χ3n) is 4.18. The molecule has 3 rings (SSSR count). The molecule has 1 aliphatic rings. The number of hydrazine groups is 1. The predicted molar refractivity (Wildman–Crippen MR) is 89.5 cm³/mol. The van der Waals surface area contributed by atoms with Gasteiger partial charge in [0.15, 0.2) is 0 Å². The van der Waals surface area contributed by atoms with Crippen molar-refractivity contribution in [3.05, 3.63) is 65.2 Å². The van der Waals surface area contributed by atoms with Crippen LogP contribution < -0.4 is 15.5 Å². The topological polar surface area (TPSA) is 87.7 Å². The van der Waals surface area contributed by atoms with Gasteiger partial charge in [-0.15, -0.1) is 0 Å². The molecule has 27 heavy (non-hydrogen) atoms. The Morgan fingerprint density at radius 3 is 2.44 bits per heavy atom. The molecule has 0 bridgehead atoms. The van der Waals surface area contributed by atoms with Crippen LogP contribution in [0.5, 0.6) is 5.75 Å². The quantitative estimate of drug-likeness (QED) is 0.801. The van der Waals surface area contributed by atoms with Crippen molar-refractivity contribution >= 4 is 17.8 Å². The lowest BCUT2D eigenvalue weighted by Crippen LogP contribution is -2.48. The average molecular weight is 375 g/mol. The third-order valence-corrected chi connectivity index (χ3v) is 4.18. The maximum absolute atomic E-state index is 13.3. The van der Waals surface area contributed by atoms with Crippen molar-refractivity contribution in [2.75, 3.05) is 7.11 Å². The van der Waals surface area contributed by atoms with Gasteiger partial charge >= 0.3 is 6.03 Å². The summed E-state index contributed by atoms with van der Waals surface area (Å²) in [4.78, 5) is 37.2. The Kier molecular flexibility index (Phi) is 4.52. The number of imide groups is 1. The van der Waals surface area contributed by atoms with E-state index in [0.717, 1.165) is 12.1 Å². The highest BCUT2D eigenvalue weighted by molar-refractivity contribution is 6.09. The maximum atomic E-state index is 13.3. The molecule has 2 aromatic rings. The zero-order valence-electron chi connectivity index (χ0n) is 14.4. The van der Waals surface area contributed by atoms with Crippen LogP contribution in [0.2, 0.25) is 0 Å². The average Bonchev–Trinajstić information content (AvgIpc) is 2.85. The summed E-state index contributed by atoms with van der Waals surface area (Å²) >= 11 is 0. The van der Waals surface area contributed by atoms with Crippen molar-refractivity contribution in [1.29, 1.82) is 0 Å². The fourth-order valence-corrected chi connectivity index (χ4v) is 2.72. The molecule has 2 N–H and O–H groups in total. The first-order valence-electron chi connectivity index (χ1n) is 7.83. The summed E-state index contributed by atoms with van der Waals surface area (Å²) in [5.74, 6) is -3.21. The van der Waals surface area contributed by atoms with E-state index in [9.17, 15) is 23.2 Å². The van der Waals surface area contributed by atoms with Crippen molar-refractivity contribution < 1.29 is 27.9 Å². The molecule has 1 saturated heterocycles. The molecule has 0 spiro atoms. The van der Waals surface area contributed by atoms with E-state index in [4.69, 9.17) is 4.74 Å². The van der Waals surface area contributed by atoms with Crippen LogP contribution in [0.3, 0.4) is 0 Å². The fraction of sp³-hybridized carbons (Fsp3) is 0.167. The highest BCUT2D eigenvalue weighted by atomic mass is 19.1. The van der Waals surface area contributed by atoms with Crippen LogP contribution in [0, 0.1) is 11.6 Å². The first-order chi connectivity index (χ1) is 12.7. The van der Waals surface area contributed by atoms with Gasteiger partial charge in [0.05, 0.1) is 7.11 Å². The Balaban J connectivity index is 1.86. The number of halogens is 2. The highest BCUT2D eigenvalue weighted by Gasteiger charge is 2.50. The van der Waals surface area contributed by atoms with Gasteiger partial charge in [0.2, 0.25) is 0 Å². The highest BCUT2D eigenvalue weighted by Crippen LogP contribution is 2.30. The number of hydrogen-bond donors (Lipinski definition) is 2. The second-order valence-corrected chi connectivity index (χ2v) is 6.03. The molecule has 0 unspecified atom stereocenters. The molecule has 0 aromatic heterocycles. The number of carbonyl (C=O) groups excluding carboxylic acids is 3. The van der Waals surface area contributed by atoms with Crippen molar-refractivity contribution in [1.82, 2.24) is 15.8 Å². The van der Waals surface area contributed by atoms with Gasteiger partial charge in [-0.2, -0.15) is 5.01 Å². The maximum Gasteiger partial charge on any atom is 0.344 e. The molecule has 9 heteroatoms. The van der Waals surface area contributed by atoms with Crippen LogP contribution in [0.1, 0.15) is 22.8 Å². The predicted octanol–water partition coefficient (Wildman–Crippen LogP) is 2.09. The lowest BCUT2D eigenvalue weighted by atomic mass is 9.92. The normalized spacial score (nSPS) is 19.0. The molecule has 1 fully saturated rings. The standard InChI is InChI=1S/C18H15F2N3O4/c1-18(11-4-3-5-14(8-11)27-2)16(25)23(17(26)21-18)22-15(24)10-6-12(19)9-13(20)7-10/h3-9H,1-2H3,(H,21,26)(H,22,24)/t18-/m0/s1. The van der Waals surface area contributed by atoms with Crippen molar-refractivity contribution in [3.63, 3.8) is 0 Å². The first-order valence-corrected chi connectivity index (χ1v) is 7.83. The van der Waals surface area contributed by atoms with Gasteiger partial charge in [-0.05, 0) is 36.8 Å². The Hall–Kier alpha value is -3.49. The monoisotopic (exact) mass is 375 g/mol.